The quantitative estimate of drug-likeness (QED) is 0.627. The maximum atomic E-state index is 12.3. The van der Waals surface area contributed by atoms with Gasteiger partial charge in [0.2, 0.25) is 5.76 Å². The van der Waals surface area contributed by atoms with Gasteiger partial charge in [-0.15, -0.1) is 6.58 Å². The molecule has 2 aromatic rings. The highest BCUT2D eigenvalue weighted by atomic mass is 16.6. The van der Waals surface area contributed by atoms with E-state index in [1.54, 1.807) is 12.1 Å². The van der Waals surface area contributed by atoms with Crippen molar-refractivity contribution in [3.63, 3.8) is 0 Å². The number of hydrogen-bond donors (Lipinski definition) is 1. The molecule has 0 saturated carbocycles. The molecule has 6 heteroatoms. The number of hydrogen-bond acceptors (Lipinski definition) is 5. The number of carbonyl (C=O) groups is 2. The fourth-order valence-corrected chi connectivity index (χ4v) is 2.14. The minimum atomic E-state index is -0.939. The number of rotatable bonds is 7. The molecule has 6 nitrogen and oxygen atoms in total. The molecular formula is C17H19NO5. The van der Waals surface area contributed by atoms with Crippen molar-refractivity contribution in [1.29, 1.82) is 0 Å². The van der Waals surface area contributed by atoms with Crippen LogP contribution in [0.15, 0.2) is 41.3 Å². The standard InChI is InChI=1S/C17H19NO5/c1-4-9-18-16(19)11(2)22-17(20)15-13(10-21-3)12-7-5-6-8-14(12)23-15/h4-8,11H,1,9-10H2,2-3H3,(H,18,19). The minimum Gasteiger partial charge on any atom is -0.449 e. The van der Waals surface area contributed by atoms with Gasteiger partial charge in [-0.2, -0.15) is 0 Å². The van der Waals surface area contributed by atoms with Crippen LogP contribution < -0.4 is 5.32 Å². The zero-order valence-corrected chi connectivity index (χ0v) is 13.1. The van der Waals surface area contributed by atoms with Crippen molar-refractivity contribution in [3.8, 4) is 0 Å². The van der Waals surface area contributed by atoms with Crippen LogP contribution in [0.5, 0.6) is 0 Å². The third-order valence-corrected chi connectivity index (χ3v) is 3.25. The Morgan fingerprint density at radius 3 is 2.83 bits per heavy atom. The molecule has 1 N–H and O–H groups in total. The lowest BCUT2D eigenvalue weighted by atomic mass is 10.1. The maximum absolute atomic E-state index is 12.3. The third kappa shape index (κ3) is 3.78. The number of amides is 1. The molecule has 1 atom stereocenters. The van der Waals surface area contributed by atoms with Gasteiger partial charge in [-0.05, 0) is 13.0 Å². The van der Waals surface area contributed by atoms with E-state index in [0.717, 1.165) is 5.39 Å². The molecule has 122 valence electrons. The Morgan fingerprint density at radius 1 is 1.39 bits per heavy atom. The molecule has 23 heavy (non-hydrogen) atoms. The van der Waals surface area contributed by atoms with Crippen LogP contribution in [0.2, 0.25) is 0 Å². The molecule has 1 unspecified atom stereocenters. The van der Waals surface area contributed by atoms with Crippen LogP contribution in [0.1, 0.15) is 23.0 Å². The number of nitrogens with one attached hydrogen (secondary N) is 1. The first kappa shape index (κ1) is 16.8. The molecule has 2 rings (SSSR count). The minimum absolute atomic E-state index is 0.0522. The SMILES string of the molecule is C=CCNC(=O)C(C)OC(=O)c1oc2ccccc2c1COC. The van der Waals surface area contributed by atoms with E-state index in [-0.39, 0.29) is 12.4 Å². The molecule has 0 fully saturated rings. The number of furan rings is 1. The number of fused-ring (bicyclic) bond motifs is 1. The maximum Gasteiger partial charge on any atom is 0.375 e. The number of para-hydroxylation sites is 1. The molecule has 0 aliphatic heterocycles. The molecule has 1 aromatic heterocycles. The van der Waals surface area contributed by atoms with Crippen LogP contribution in [0, 0.1) is 0 Å². The summed E-state index contributed by atoms with van der Waals surface area (Å²) in [5.41, 5.74) is 1.17. The van der Waals surface area contributed by atoms with Gasteiger partial charge in [0, 0.05) is 24.6 Å². The van der Waals surface area contributed by atoms with E-state index in [1.165, 1.54) is 14.0 Å². The fourth-order valence-electron chi connectivity index (χ4n) is 2.14. The lowest BCUT2D eigenvalue weighted by Gasteiger charge is -2.12. The smallest absolute Gasteiger partial charge is 0.375 e. The Hall–Kier alpha value is -2.60. The van der Waals surface area contributed by atoms with Crippen molar-refractivity contribution in [3.05, 3.63) is 48.2 Å². The second-order valence-electron chi connectivity index (χ2n) is 4.92. The first-order chi connectivity index (χ1) is 11.1. The summed E-state index contributed by atoms with van der Waals surface area (Å²) >= 11 is 0. The van der Waals surface area contributed by atoms with E-state index in [0.29, 0.717) is 17.7 Å². The van der Waals surface area contributed by atoms with E-state index in [9.17, 15) is 9.59 Å². The van der Waals surface area contributed by atoms with E-state index in [4.69, 9.17) is 13.9 Å². The summed E-state index contributed by atoms with van der Waals surface area (Å²) < 4.78 is 15.9. The van der Waals surface area contributed by atoms with E-state index in [1.807, 2.05) is 18.2 Å². The number of ether oxygens (including phenoxy) is 2. The number of methoxy groups -OCH3 is 1. The van der Waals surface area contributed by atoms with Gasteiger partial charge in [0.25, 0.3) is 5.91 Å². The summed E-state index contributed by atoms with van der Waals surface area (Å²) in [6.07, 6.45) is 0.605. The summed E-state index contributed by atoms with van der Waals surface area (Å²) in [5, 5.41) is 3.35. The monoisotopic (exact) mass is 317 g/mol. The van der Waals surface area contributed by atoms with Crippen LogP contribution in [0.4, 0.5) is 0 Å². The predicted molar refractivity (Wildman–Crippen MR) is 85.0 cm³/mol. The summed E-state index contributed by atoms with van der Waals surface area (Å²) in [5.74, 6) is -1.05. The van der Waals surface area contributed by atoms with Crippen LogP contribution in [-0.4, -0.2) is 31.6 Å². The van der Waals surface area contributed by atoms with Gasteiger partial charge in [-0.1, -0.05) is 24.3 Å². The molecule has 1 heterocycles. The molecule has 1 aromatic carbocycles. The molecule has 0 radical (unpaired) electrons. The molecule has 0 aliphatic rings. The summed E-state index contributed by atoms with van der Waals surface area (Å²) in [6, 6.07) is 7.25. The fraction of sp³-hybridized carbons (Fsp3) is 0.294. The Balaban J connectivity index is 2.21. The largest absolute Gasteiger partial charge is 0.449 e. The summed E-state index contributed by atoms with van der Waals surface area (Å²) in [4.78, 5) is 24.1. The van der Waals surface area contributed by atoms with Crippen molar-refractivity contribution in [2.45, 2.75) is 19.6 Å². The van der Waals surface area contributed by atoms with Crippen molar-refractivity contribution >= 4 is 22.8 Å². The number of esters is 1. The zero-order chi connectivity index (χ0) is 16.8. The first-order valence-electron chi connectivity index (χ1n) is 7.17. The Kier molecular flexibility index (Phi) is 5.54. The van der Waals surface area contributed by atoms with Crippen molar-refractivity contribution < 1.29 is 23.5 Å². The zero-order valence-electron chi connectivity index (χ0n) is 13.1. The predicted octanol–water partition coefficient (Wildman–Crippen LogP) is 2.43. The number of carbonyl (C=O) groups excluding carboxylic acids is 2. The van der Waals surface area contributed by atoms with Gasteiger partial charge in [-0.3, -0.25) is 4.79 Å². The lowest BCUT2D eigenvalue weighted by Crippen LogP contribution is -2.35. The van der Waals surface area contributed by atoms with E-state index >= 15 is 0 Å². The van der Waals surface area contributed by atoms with Gasteiger partial charge in [0.1, 0.15) is 5.58 Å². The van der Waals surface area contributed by atoms with E-state index < -0.39 is 18.0 Å². The average molecular weight is 317 g/mol. The number of benzene rings is 1. The van der Waals surface area contributed by atoms with Gasteiger partial charge in [0.15, 0.2) is 6.10 Å². The lowest BCUT2D eigenvalue weighted by molar-refractivity contribution is -0.128. The van der Waals surface area contributed by atoms with Crippen LogP contribution in [0.3, 0.4) is 0 Å². The van der Waals surface area contributed by atoms with Crippen molar-refractivity contribution in [1.82, 2.24) is 5.32 Å². The van der Waals surface area contributed by atoms with Crippen LogP contribution in [0.25, 0.3) is 11.0 Å². The molecule has 0 spiro atoms. The first-order valence-corrected chi connectivity index (χ1v) is 7.17. The Labute approximate surface area is 134 Å². The summed E-state index contributed by atoms with van der Waals surface area (Å²) in [7, 11) is 1.53. The van der Waals surface area contributed by atoms with Gasteiger partial charge in [0.05, 0.1) is 6.61 Å². The van der Waals surface area contributed by atoms with Gasteiger partial charge in [-0.25, -0.2) is 4.79 Å². The highest BCUT2D eigenvalue weighted by Gasteiger charge is 2.25. The molecule has 0 bridgehead atoms. The van der Waals surface area contributed by atoms with Crippen molar-refractivity contribution in [2.75, 3.05) is 13.7 Å². The molecular weight excluding hydrogens is 298 g/mol. The third-order valence-electron chi connectivity index (χ3n) is 3.25. The summed E-state index contributed by atoms with van der Waals surface area (Å²) in [6.45, 7) is 5.51. The molecule has 0 aliphatic carbocycles. The van der Waals surface area contributed by atoms with Gasteiger partial charge >= 0.3 is 5.97 Å². The molecule has 1 amide bonds. The Morgan fingerprint density at radius 2 is 2.13 bits per heavy atom. The van der Waals surface area contributed by atoms with Crippen LogP contribution >= 0.6 is 0 Å². The van der Waals surface area contributed by atoms with E-state index in [2.05, 4.69) is 11.9 Å². The highest BCUT2D eigenvalue weighted by molar-refractivity contribution is 5.97. The average Bonchev–Trinajstić information content (AvgIpc) is 2.92. The topological polar surface area (TPSA) is 77.8 Å². The molecule has 0 saturated heterocycles. The second kappa shape index (κ2) is 7.60. The normalized spacial score (nSPS) is 11.9. The Bertz CT molecular complexity index is 719. The second-order valence-corrected chi connectivity index (χ2v) is 4.92. The van der Waals surface area contributed by atoms with Gasteiger partial charge < -0.3 is 19.2 Å². The highest BCUT2D eigenvalue weighted by Crippen LogP contribution is 2.27. The van der Waals surface area contributed by atoms with Crippen LogP contribution in [-0.2, 0) is 20.9 Å². The van der Waals surface area contributed by atoms with Crippen molar-refractivity contribution in [2.24, 2.45) is 0 Å².